The van der Waals surface area contributed by atoms with Crippen molar-refractivity contribution in [3.8, 4) is 0 Å². The van der Waals surface area contributed by atoms with Crippen molar-refractivity contribution >= 4 is 17.7 Å². The Labute approximate surface area is 154 Å². The second-order valence-electron chi connectivity index (χ2n) is 6.64. The van der Waals surface area contributed by atoms with Crippen molar-refractivity contribution in [2.45, 2.75) is 32.5 Å². The van der Waals surface area contributed by atoms with Crippen molar-refractivity contribution in [2.24, 2.45) is 0 Å². The second-order valence-corrected chi connectivity index (χ2v) is 6.64. The van der Waals surface area contributed by atoms with Crippen molar-refractivity contribution in [3.05, 3.63) is 29.6 Å². The molecule has 10 heteroatoms. The van der Waals surface area contributed by atoms with E-state index in [-0.39, 0.29) is 13.2 Å². The molecule has 0 aromatic heterocycles. The van der Waals surface area contributed by atoms with Crippen LogP contribution < -0.4 is 5.32 Å². The van der Waals surface area contributed by atoms with E-state index in [4.69, 9.17) is 9.47 Å². The lowest BCUT2D eigenvalue weighted by atomic mass is 10.2. The van der Waals surface area contributed by atoms with Crippen LogP contribution in [0.15, 0.2) is 18.2 Å². The van der Waals surface area contributed by atoms with Crippen LogP contribution in [0.4, 0.5) is 28.0 Å². The molecule has 1 aromatic rings. The minimum Gasteiger partial charge on any atom is -0.444 e. The van der Waals surface area contributed by atoms with E-state index in [2.05, 4.69) is 0 Å². The number of alkyl halides is 3. The molecule has 0 aliphatic carbocycles. The molecule has 2 amide bonds. The molecule has 0 aliphatic heterocycles. The first kappa shape index (κ1) is 22.7. The molecule has 0 saturated carbocycles. The zero-order valence-corrected chi connectivity index (χ0v) is 15.4. The number of carbonyl (C=O) groups is 2. The Bertz CT molecular complexity index is 672. The van der Waals surface area contributed by atoms with Gasteiger partial charge in [0.25, 0.3) is 0 Å². The van der Waals surface area contributed by atoms with E-state index in [9.17, 15) is 27.2 Å². The average molecular weight is 394 g/mol. The Hall–Kier alpha value is -2.36. The Kier molecular flexibility index (Phi) is 7.58. The molecule has 0 heterocycles. The molecular formula is C17H22F4N2O4. The molecule has 0 saturated heterocycles. The number of halogens is 4. The van der Waals surface area contributed by atoms with Gasteiger partial charge in [0.2, 0.25) is 5.91 Å². The van der Waals surface area contributed by atoms with Crippen LogP contribution in [0.25, 0.3) is 0 Å². The van der Waals surface area contributed by atoms with Gasteiger partial charge in [-0.05, 0) is 39.0 Å². The molecule has 6 nitrogen and oxygen atoms in total. The summed E-state index contributed by atoms with van der Waals surface area (Å²) in [5.41, 5.74) is -2.56. The summed E-state index contributed by atoms with van der Waals surface area (Å²) in [7, 11) is 1.39. The van der Waals surface area contributed by atoms with Crippen LogP contribution >= 0.6 is 0 Å². The van der Waals surface area contributed by atoms with Crippen LogP contribution in [-0.2, 0) is 20.4 Å². The predicted molar refractivity (Wildman–Crippen MR) is 89.7 cm³/mol. The van der Waals surface area contributed by atoms with E-state index >= 15 is 0 Å². The van der Waals surface area contributed by atoms with Crippen molar-refractivity contribution < 1.29 is 36.6 Å². The van der Waals surface area contributed by atoms with Crippen LogP contribution in [0, 0.1) is 5.82 Å². The number of carbonyl (C=O) groups excluding carboxylic acids is 2. The normalized spacial score (nSPS) is 11.9. The van der Waals surface area contributed by atoms with E-state index < -0.39 is 47.4 Å². The number of rotatable bonds is 6. The number of benzene rings is 1. The first-order valence-electron chi connectivity index (χ1n) is 7.97. The third-order valence-electron chi connectivity index (χ3n) is 3.12. The van der Waals surface area contributed by atoms with Gasteiger partial charge in [-0.1, -0.05) is 0 Å². The van der Waals surface area contributed by atoms with Crippen molar-refractivity contribution in [3.63, 3.8) is 0 Å². The molecule has 0 unspecified atom stereocenters. The highest BCUT2D eigenvalue weighted by Crippen LogP contribution is 2.31. The predicted octanol–water partition coefficient (Wildman–Crippen LogP) is 3.67. The minimum absolute atomic E-state index is 0.00388. The summed E-state index contributed by atoms with van der Waals surface area (Å²) in [5.74, 6) is -1.91. The van der Waals surface area contributed by atoms with Gasteiger partial charge >= 0.3 is 12.3 Å². The Morgan fingerprint density at radius 3 is 2.33 bits per heavy atom. The third kappa shape index (κ3) is 7.81. The van der Waals surface area contributed by atoms with Gasteiger partial charge in [0.15, 0.2) is 0 Å². The lowest BCUT2D eigenvalue weighted by Crippen LogP contribution is -2.43. The quantitative estimate of drug-likeness (QED) is 0.748. The standard InChI is InChI=1S/C17H22F4N2O4/c1-16(2,3)27-15(25)23(7-8-26-4)10-14(24)22-13-9-11(17(19,20)21)5-6-12(13)18/h5-6,9H,7-8,10H2,1-4H3,(H,22,24). The highest BCUT2D eigenvalue weighted by molar-refractivity contribution is 5.94. The maximum Gasteiger partial charge on any atom is 0.416 e. The van der Waals surface area contributed by atoms with Crippen molar-refractivity contribution in [1.82, 2.24) is 4.90 Å². The van der Waals surface area contributed by atoms with Crippen LogP contribution in [0.5, 0.6) is 0 Å². The molecule has 1 aromatic carbocycles. The Balaban J connectivity index is 2.89. The Morgan fingerprint density at radius 2 is 1.81 bits per heavy atom. The topological polar surface area (TPSA) is 67.9 Å². The van der Waals surface area contributed by atoms with Gasteiger partial charge in [-0.2, -0.15) is 13.2 Å². The van der Waals surface area contributed by atoms with Crippen LogP contribution in [0.2, 0.25) is 0 Å². The van der Waals surface area contributed by atoms with Gasteiger partial charge in [0.05, 0.1) is 17.9 Å². The number of nitrogens with zero attached hydrogens (tertiary/aromatic N) is 1. The number of nitrogens with one attached hydrogen (secondary N) is 1. The number of anilines is 1. The molecule has 0 spiro atoms. The average Bonchev–Trinajstić information content (AvgIpc) is 2.50. The maximum atomic E-state index is 13.7. The summed E-state index contributed by atoms with van der Waals surface area (Å²) < 4.78 is 61.9. The summed E-state index contributed by atoms with van der Waals surface area (Å²) in [5, 5.41) is 2.04. The van der Waals surface area contributed by atoms with Crippen LogP contribution in [0.3, 0.4) is 0 Å². The van der Waals surface area contributed by atoms with E-state index in [1.807, 2.05) is 5.32 Å². The first-order valence-corrected chi connectivity index (χ1v) is 7.97. The summed E-state index contributed by atoms with van der Waals surface area (Å²) in [6.07, 6.45) is -5.49. The molecule has 0 atom stereocenters. The summed E-state index contributed by atoms with van der Waals surface area (Å²) in [6.45, 7) is 4.47. The molecule has 0 radical (unpaired) electrons. The van der Waals surface area contributed by atoms with E-state index in [0.29, 0.717) is 18.2 Å². The maximum absolute atomic E-state index is 13.7. The molecule has 1 N–H and O–H groups in total. The smallest absolute Gasteiger partial charge is 0.416 e. The zero-order chi connectivity index (χ0) is 20.8. The molecule has 0 bridgehead atoms. The number of hydrogen-bond acceptors (Lipinski definition) is 4. The molecule has 0 aliphatic rings. The lowest BCUT2D eigenvalue weighted by molar-refractivity contribution is -0.137. The molecule has 0 fully saturated rings. The third-order valence-corrected chi connectivity index (χ3v) is 3.12. The van der Waals surface area contributed by atoms with Crippen molar-refractivity contribution in [2.75, 3.05) is 32.1 Å². The molecule has 152 valence electrons. The number of amides is 2. The summed E-state index contributed by atoms with van der Waals surface area (Å²) in [4.78, 5) is 25.3. The number of hydrogen-bond donors (Lipinski definition) is 1. The fraction of sp³-hybridized carbons (Fsp3) is 0.529. The lowest BCUT2D eigenvalue weighted by Gasteiger charge is -2.27. The molecular weight excluding hydrogens is 372 g/mol. The van der Waals surface area contributed by atoms with Crippen LogP contribution in [0.1, 0.15) is 26.3 Å². The molecule has 27 heavy (non-hydrogen) atoms. The van der Waals surface area contributed by atoms with Gasteiger partial charge in [-0.25, -0.2) is 9.18 Å². The van der Waals surface area contributed by atoms with Gasteiger partial charge in [0, 0.05) is 13.7 Å². The summed E-state index contributed by atoms with van der Waals surface area (Å²) >= 11 is 0. The highest BCUT2D eigenvalue weighted by Gasteiger charge is 2.31. The SMILES string of the molecule is COCCN(CC(=O)Nc1cc(C(F)(F)F)ccc1F)C(=O)OC(C)(C)C. The van der Waals surface area contributed by atoms with Gasteiger partial charge in [0.1, 0.15) is 18.0 Å². The van der Waals surface area contributed by atoms with E-state index in [1.165, 1.54) is 7.11 Å². The zero-order valence-electron chi connectivity index (χ0n) is 15.4. The highest BCUT2D eigenvalue weighted by atomic mass is 19.4. The van der Waals surface area contributed by atoms with E-state index in [1.54, 1.807) is 20.8 Å². The number of ether oxygens (including phenoxy) is 2. The summed E-state index contributed by atoms with van der Waals surface area (Å²) in [6, 6.07) is 1.66. The monoisotopic (exact) mass is 394 g/mol. The fourth-order valence-corrected chi connectivity index (χ4v) is 1.92. The van der Waals surface area contributed by atoms with Gasteiger partial charge in [-0.15, -0.1) is 0 Å². The van der Waals surface area contributed by atoms with Crippen LogP contribution in [-0.4, -0.2) is 49.3 Å². The second kappa shape index (κ2) is 9.03. The molecule has 1 rings (SSSR count). The first-order chi connectivity index (χ1) is 12.3. The van der Waals surface area contributed by atoms with Gasteiger partial charge in [-0.3, -0.25) is 9.69 Å². The minimum atomic E-state index is -4.69. The van der Waals surface area contributed by atoms with Gasteiger partial charge < -0.3 is 14.8 Å². The van der Waals surface area contributed by atoms with Crippen molar-refractivity contribution in [1.29, 1.82) is 0 Å². The Morgan fingerprint density at radius 1 is 1.19 bits per heavy atom. The number of methoxy groups -OCH3 is 1. The van der Waals surface area contributed by atoms with E-state index in [0.717, 1.165) is 4.90 Å². The fourth-order valence-electron chi connectivity index (χ4n) is 1.92. The largest absolute Gasteiger partial charge is 0.444 e.